The zero-order valence-corrected chi connectivity index (χ0v) is 7.74. The van der Waals surface area contributed by atoms with Crippen molar-refractivity contribution in [3.63, 3.8) is 0 Å². The van der Waals surface area contributed by atoms with Gasteiger partial charge in [0, 0.05) is 4.91 Å². The number of allylic oxidation sites excluding steroid dienone is 2. The average Bonchev–Trinajstić information content (AvgIpc) is 1.85. The molecule has 1 aliphatic carbocycles. The van der Waals surface area contributed by atoms with Gasteiger partial charge in [-0.1, -0.05) is 19.9 Å². The highest BCUT2D eigenvalue weighted by atomic mass is 32.2. The summed E-state index contributed by atoms with van der Waals surface area (Å²) >= 11 is -2.01. The van der Waals surface area contributed by atoms with Gasteiger partial charge < -0.3 is 4.55 Å². The fraction of sp³-hybridized carbons (Fsp3) is 0.750. The average molecular weight is 173 g/mol. The van der Waals surface area contributed by atoms with E-state index in [1.165, 1.54) is 0 Å². The van der Waals surface area contributed by atoms with Crippen molar-refractivity contribution < 1.29 is 8.76 Å². The molecule has 0 bridgehead atoms. The van der Waals surface area contributed by atoms with E-state index < -0.39 is 11.1 Å². The lowest BCUT2D eigenvalue weighted by Gasteiger charge is -2.32. The van der Waals surface area contributed by atoms with E-state index in [-0.39, 0.29) is 5.41 Å². The van der Waals surface area contributed by atoms with E-state index in [1.807, 2.05) is 19.9 Å². The van der Waals surface area contributed by atoms with E-state index in [1.54, 1.807) is 0 Å². The third kappa shape index (κ3) is 1.91. The van der Waals surface area contributed by atoms with Gasteiger partial charge in [-0.25, -0.2) is 0 Å². The summed E-state index contributed by atoms with van der Waals surface area (Å²) in [7, 11) is 0. The molecule has 3 heteroatoms. The molecule has 1 atom stereocenters. The fourth-order valence-electron chi connectivity index (χ4n) is 1.47. The molecule has 1 unspecified atom stereocenters. The summed E-state index contributed by atoms with van der Waals surface area (Å²) in [5, 5.41) is 0. The van der Waals surface area contributed by atoms with Gasteiger partial charge in [0.15, 0.2) is 0 Å². The van der Waals surface area contributed by atoms with E-state index in [9.17, 15) is 8.76 Å². The van der Waals surface area contributed by atoms with Gasteiger partial charge in [0.25, 0.3) is 0 Å². The lowest BCUT2D eigenvalue weighted by atomic mass is 9.83. The lowest BCUT2D eigenvalue weighted by Crippen LogP contribution is -2.20. The summed E-state index contributed by atoms with van der Waals surface area (Å²) in [5.41, 5.74) is -0.134. The van der Waals surface area contributed by atoms with Crippen LogP contribution in [0.25, 0.3) is 0 Å². The second-order valence-corrected chi connectivity index (χ2v) is 4.49. The molecule has 0 aromatic rings. The van der Waals surface area contributed by atoms with Crippen molar-refractivity contribution in [1.82, 2.24) is 0 Å². The maximum absolute atomic E-state index is 10.7. The molecule has 0 saturated carbocycles. The highest BCUT2D eigenvalue weighted by Gasteiger charge is 2.25. The molecule has 0 fully saturated rings. The number of hydrogen-bond donors (Lipinski definition) is 0. The second kappa shape index (κ2) is 3.07. The fourth-order valence-corrected chi connectivity index (χ4v) is 2.28. The third-order valence-electron chi connectivity index (χ3n) is 2.18. The first-order valence-electron chi connectivity index (χ1n) is 3.84. The maximum Gasteiger partial charge on any atom is 0.00405 e. The van der Waals surface area contributed by atoms with Crippen LogP contribution in [0, 0.1) is 5.41 Å². The first-order valence-corrected chi connectivity index (χ1v) is 4.91. The van der Waals surface area contributed by atoms with Crippen LogP contribution in [0.1, 0.15) is 33.1 Å². The molecule has 0 amide bonds. The minimum absolute atomic E-state index is 0.134. The van der Waals surface area contributed by atoms with Gasteiger partial charge in [0.05, 0.1) is 0 Å². The molecule has 2 nitrogen and oxygen atoms in total. The topological polar surface area (TPSA) is 40.1 Å². The SMILES string of the molecule is CC1(C)CCCC=C1S(=O)[O-]. The monoisotopic (exact) mass is 173 g/mol. The molecule has 0 saturated heterocycles. The van der Waals surface area contributed by atoms with Crippen LogP contribution >= 0.6 is 0 Å². The molecular formula is C8H13O2S-. The second-order valence-electron chi connectivity index (χ2n) is 3.58. The van der Waals surface area contributed by atoms with Crippen molar-refractivity contribution in [2.24, 2.45) is 5.41 Å². The van der Waals surface area contributed by atoms with E-state index >= 15 is 0 Å². The highest BCUT2D eigenvalue weighted by molar-refractivity contribution is 7.83. The summed E-state index contributed by atoms with van der Waals surface area (Å²) in [6.07, 6.45) is 4.83. The van der Waals surface area contributed by atoms with Crippen LogP contribution in [0.4, 0.5) is 0 Å². The molecule has 1 rings (SSSR count). The molecule has 1 aliphatic rings. The normalized spacial score (nSPS) is 25.9. The first-order chi connectivity index (χ1) is 5.04. The standard InChI is InChI=1S/C8H14O2S/c1-8(2)6-4-3-5-7(8)11(9)10/h5H,3-4,6H2,1-2H3,(H,9,10)/p-1. The van der Waals surface area contributed by atoms with E-state index in [0.29, 0.717) is 4.91 Å². The van der Waals surface area contributed by atoms with Gasteiger partial charge in [-0.2, -0.15) is 0 Å². The van der Waals surface area contributed by atoms with Crippen molar-refractivity contribution in [2.75, 3.05) is 0 Å². The van der Waals surface area contributed by atoms with Crippen LogP contribution in [-0.2, 0) is 11.1 Å². The molecule has 64 valence electrons. The molecule has 0 spiro atoms. The van der Waals surface area contributed by atoms with E-state index in [2.05, 4.69) is 0 Å². The Morgan fingerprint density at radius 2 is 2.27 bits per heavy atom. The van der Waals surface area contributed by atoms with Crippen LogP contribution < -0.4 is 0 Å². The molecule has 0 heterocycles. The maximum atomic E-state index is 10.7. The predicted molar refractivity (Wildman–Crippen MR) is 44.6 cm³/mol. The Morgan fingerprint density at radius 3 is 2.64 bits per heavy atom. The molecule has 11 heavy (non-hydrogen) atoms. The Bertz CT molecular complexity index is 206. The highest BCUT2D eigenvalue weighted by Crippen LogP contribution is 2.37. The quantitative estimate of drug-likeness (QED) is 0.569. The van der Waals surface area contributed by atoms with Crippen molar-refractivity contribution in [3.8, 4) is 0 Å². The first kappa shape index (κ1) is 8.94. The van der Waals surface area contributed by atoms with Crippen LogP contribution in [0.15, 0.2) is 11.0 Å². The summed E-state index contributed by atoms with van der Waals surface area (Å²) < 4.78 is 21.4. The van der Waals surface area contributed by atoms with Gasteiger partial charge in [0.1, 0.15) is 0 Å². The Hall–Kier alpha value is -0.150. The molecule has 0 radical (unpaired) electrons. The minimum atomic E-state index is -2.01. The van der Waals surface area contributed by atoms with Gasteiger partial charge in [-0.3, -0.25) is 4.21 Å². The van der Waals surface area contributed by atoms with Gasteiger partial charge >= 0.3 is 0 Å². The Balaban J connectivity index is 2.89. The Morgan fingerprint density at radius 1 is 1.64 bits per heavy atom. The van der Waals surface area contributed by atoms with Crippen molar-refractivity contribution in [3.05, 3.63) is 11.0 Å². The van der Waals surface area contributed by atoms with Crippen LogP contribution in [0.3, 0.4) is 0 Å². The van der Waals surface area contributed by atoms with Crippen LogP contribution in [-0.4, -0.2) is 8.76 Å². The molecule has 0 aromatic heterocycles. The zero-order chi connectivity index (χ0) is 8.48. The molecule has 0 N–H and O–H groups in total. The van der Waals surface area contributed by atoms with Gasteiger partial charge in [-0.15, -0.1) is 0 Å². The summed E-state index contributed by atoms with van der Waals surface area (Å²) in [4.78, 5) is 0.587. The van der Waals surface area contributed by atoms with Crippen molar-refractivity contribution in [1.29, 1.82) is 0 Å². The smallest absolute Gasteiger partial charge is 0.00405 e. The van der Waals surface area contributed by atoms with Gasteiger partial charge in [-0.05, 0) is 35.8 Å². The third-order valence-corrected chi connectivity index (χ3v) is 3.26. The summed E-state index contributed by atoms with van der Waals surface area (Å²) in [6, 6.07) is 0. The molecule has 0 aromatic carbocycles. The Labute approximate surface area is 70.0 Å². The van der Waals surface area contributed by atoms with Crippen molar-refractivity contribution >= 4 is 11.1 Å². The van der Waals surface area contributed by atoms with E-state index in [0.717, 1.165) is 19.3 Å². The Kier molecular flexibility index (Phi) is 2.50. The van der Waals surface area contributed by atoms with E-state index in [4.69, 9.17) is 0 Å². The largest absolute Gasteiger partial charge is 0.769 e. The van der Waals surface area contributed by atoms with Crippen LogP contribution in [0.5, 0.6) is 0 Å². The number of hydrogen-bond acceptors (Lipinski definition) is 2. The number of rotatable bonds is 1. The van der Waals surface area contributed by atoms with Crippen LogP contribution in [0.2, 0.25) is 0 Å². The summed E-state index contributed by atoms with van der Waals surface area (Å²) in [5.74, 6) is 0. The predicted octanol–water partition coefficient (Wildman–Crippen LogP) is 1.96. The zero-order valence-electron chi connectivity index (χ0n) is 6.92. The molecule has 0 aliphatic heterocycles. The van der Waals surface area contributed by atoms with Gasteiger partial charge in [0.2, 0.25) is 0 Å². The lowest BCUT2D eigenvalue weighted by molar-refractivity contribution is 0.387. The molecular weight excluding hydrogens is 160 g/mol. The minimum Gasteiger partial charge on any atom is -0.769 e. The summed E-state index contributed by atoms with van der Waals surface area (Å²) in [6.45, 7) is 3.96. The van der Waals surface area contributed by atoms with Crippen molar-refractivity contribution in [2.45, 2.75) is 33.1 Å².